The summed E-state index contributed by atoms with van der Waals surface area (Å²) in [6.07, 6.45) is 34.0. The van der Waals surface area contributed by atoms with Gasteiger partial charge >= 0.3 is 0 Å². The number of rotatable bonds is 11. The molecular weight excluding hydrogens is 522 g/mol. The minimum absolute atomic E-state index is 0.00996. The fourth-order valence-corrected chi connectivity index (χ4v) is 6.38. The number of allylic oxidation sites excluding steroid dienone is 20. The summed E-state index contributed by atoms with van der Waals surface area (Å²) in [4.78, 5) is 0. The average molecular weight is 582 g/mol. The zero-order valence-electron chi connectivity index (χ0n) is 29.0. The zero-order chi connectivity index (χ0) is 32.2. The van der Waals surface area contributed by atoms with Crippen molar-refractivity contribution in [1.29, 1.82) is 0 Å². The van der Waals surface area contributed by atoms with Gasteiger partial charge in [0, 0.05) is 6.04 Å². The number of aliphatic hydroxyl groups is 1. The van der Waals surface area contributed by atoms with Gasteiger partial charge in [0.2, 0.25) is 0 Å². The molecule has 0 radical (unpaired) electrons. The third-order valence-corrected chi connectivity index (χ3v) is 8.67. The fraction of sp³-hybridized carbons (Fsp3) is 0.463. The van der Waals surface area contributed by atoms with Crippen molar-refractivity contribution in [3.63, 3.8) is 0 Å². The molecule has 0 aromatic carbocycles. The van der Waals surface area contributed by atoms with Crippen LogP contribution >= 0.6 is 0 Å². The molecule has 43 heavy (non-hydrogen) atoms. The van der Waals surface area contributed by atoms with E-state index in [0.717, 1.165) is 19.3 Å². The quantitative estimate of drug-likeness (QED) is 0.238. The molecule has 2 nitrogen and oxygen atoms in total. The summed E-state index contributed by atoms with van der Waals surface area (Å²) in [5.41, 5.74) is 10.7. The topological polar surface area (TPSA) is 32.3 Å². The van der Waals surface area contributed by atoms with Crippen LogP contribution in [0.3, 0.4) is 0 Å². The molecule has 0 aromatic rings. The molecule has 2 unspecified atom stereocenters. The maximum atomic E-state index is 10.1. The Hall–Kier alpha value is -2.94. The SMILES string of the molecule is CNC1CC(C)=C(/C=C/C(C)=C/C=C/C(C)=C/C=C/C=C(C)/C=C/C=C(C)/C=C/C2=C(C)CC(O)CC2(C)C)C(C)(C)C1. The van der Waals surface area contributed by atoms with Gasteiger partial charge < -0.3 is 10.4 Å². The second kappa shape index (κ2) is 16.8. The molecule has 2 atom stereocenters. The van der Waals surface area contributed by atoms with Crippen LogP contribution in [0.5, 0.6) is 0 Å². The molecule has 0 amide bonds. The van der Waals surface area contributed by atoms with Crippen molar-refractivity contribution in [1.82, 2.24) is 5.32 Å². The van der Waals surface area contributed by atoms with Crippen molar-refractivity contribution >= 4 is 0 Å². The highest BCUT2D eigenvalue weighted by Crippen LogP contribution is 2.42. The smallest absolute Gasteiger partial charge is 0.0585 e. The van der Waals surface area contributed by atoms with Crippen LogP contribution in [0.25, 0.3) is 0 Å². The van der Waals surface area contributed by atoms with E-state index in [4.69, 9.17) is 0 Å². The van der Waals surface area contributed by atoms with Crippen molar-refractivity contribution in [3.05, 3.63) is 130 Å². The van der Waals surface area contributed by atoms with Gasteiger partial charge in [-0.3, -0.25) is 0 Å². The minimum atomic E-state index is -0.223. The van der Waals surface area contributed by atoms with E-state index in [1.807, 2.05) is 0 Å². The largest absolute Gasteiger partial charge is 0.393 e. The summed E-state index contributed by atoms with van der Waals surface area (Å²) in [5.74, 6) is 0. The second-order valence-electron chi connectivity index (χ2n) is 14.0. The minimum Gasteiger partial charge on any atom is -0.393 e. The highest BCUT2D eigenvalue weighted by molar-refractivity contribution is 5.39. The van der Waals surface area contributed by atoms with Gasteiger partial charge in [-0.05, 0) is 96.2 Å². The lowest BCUT2D eigenvalue weighted by atomic mass is 9.70. The molecule has 0 saturated carbocycles. The third-order valence-electron chi connectivity index (χ3n) is 8.67. The molecule has 0 saturated heterocycles. The highest BCUT2D eigenvalue weighted by Gasteiger charge is 2.32. The first-order valence-electron chi connectivity index (χ1n) is 16.0. The van der Waals surface area contributed by atoms with Crippen LogP contribution in [-0.4, -0.2) is 24.3 Å². The van der Waals surface area contributed by atoms with E-state index in [9.17, 15) is 5.11 Å². The molecule has 2 N–H and O–H groups in total. The van der Waals surface area contributed by atoms with Crippen molar-refractivity contribution in [2.24, 2.45) is 10.8 Å². The monoisotopic (exact) mass is 581 g/mol. The van der Waals surface area contributed by atoms with Crippen molar-refractivity contribution in [2.45, 2.75) is 107 Å². The van der Waals surface area contributed by atoms with Gasteiger partial charge in [-0.2, -0.15) is 0 Å². The maximum Gasteiger partial charge on any atom is 0.0585 e. The van der Waals surface area contributed by atoms with Crippen LogP contribution < -0.4 is 5.32 Å². The Labute approximate surface area is 264 Å². The predicted octanol–water partition coefficient (Wildman–Crippen LogP) is 10.8. The van der Waals surface area contributed by atoms with Crippen LogP contribution in [0.4, 0.5) is 0 Å². The molecule has 0 fully saturated rings. The molecule has 2 aliphatic carbocycles. The lowest BCUT2D eigenvalue weighted by Gasteiger charge is -2.37. The van der Waals surface area contributed by atoms with Gasteiger partial charge in [-0.15, -0.1) is 0 Å². The first-order valence-corrected chi connectivity index (χ1v) is 16.0. The fourth-order valence-electron chi connectivity index (χ4n) is 6.38. The Balaban J connectivity index is 1.91. The van der Waals surface area contributed by atoms with E-state index in [2.05, 4.69) is 167 Å². The van der Waals surface area contributed by atoms with Crippen LogP contribution in [0, 0.1) is 10.8 Å². The van der Waals surface area contributed by atoms with Crippen LogP contribution in [0.15, 0.2) is 130 Å². The van der Waals surface area contributed by atoms with Crippen molar-refractivity contribution in [2.75, 3.05) is 7.05 Å². The molecule has 0 aromatic heterocycles. The van der Waals surface area contributed by atoms with E-state index in [1.54, 1.807) is 0 Å². The summed E-state index contributed by atoms with van der Waals surface area (Å²) in [6, 6.07) is 0.574. The van der Waals surface area contributed by atoms with E-state index in [0.29, 0.717) is 6.04 Å². The normalized spacial score (nSPS) is 24.7. The summed E-state index contributed by atoms with van der Waals surface area (Å²) in [7, 11) is 2.07. The first kappa shape index (κ1) is 36.3. The standard InChI is InChI=1S/C41H59NO/c1-30(18-14-20-32(3)22-24-38-34(5)26-36(42-11)28-40(38,7)8)16-12-13-17-31(2)19-15-21-33(4)23-25-39-35(6)27-37(43)29-41(39,9)10/h12-25,36-37,42-43H,26-29H2,1-11H3/b13-12+,18-14+,19-15+,24-22+,25-23+,30-16+,31-17+,32-20+,33-21+. The predicted molar refractivity (Wildman–Crippen MR) is 191 cm³/mol. The summed E-state index contributed by atoms with van der Waals surface area (Å²) >= 11 is 0. The van der Waals surface area contributed by atoms with Gasteiger partial charge in [0.15, 0.2) is 0 Å². The summed E-state index contributed by atoms with van der Waals surface area (Å²) in [6.45, 7) is 22.1. The molecule has 0 heterocycles. The van der Waals surface area contributed by atoms with E-state index in [1.165, 1.54) is 51.0 Å². The van der Waals surface area contributed by atoms with Gasteiger partial charge in [0.25, 0.3) is 0 Å². The van der Waals surface area contributed by atoms with E-state index < -0.39 is 0 Å². The van der Waals surface area contributed by atoms with Crippen LogP contribution in [0.1, 0.15) is 94.9 Å². The molecule has 2 rings (SSSR count). The number of nitrogens with one attached hydrogen (secondary N) is 1. The molecule has 0 spiro atoms. The van der Waals surface area contributed by atoms with Crippen molar-refractivity contribution < 1.29 is 5.11 Å². The Morgan fingerprint density at radius 1 is 0.628 bits per heavy atom. The first-order chi connectivity index (χ1) is 20.1. The second-order valence-corrected chi connectivity index (χ2v) is 14.0. The average Bonchev–Trinajstić information content (AvgIpc) is 2.89. The number of hydrogen-bond acceptors (Lipinski definition) is 2. The molecule has 0 bridgehead atoms. The molecule has 234 valence electrons. The molecule has 2 aliphatic rings. The molecular formula is C41H59NO. The van der Waals surface area contributed by atoms with E-state index >= 15 is 0 Å². The third kappa shape index (κ3) is 12.3. The van der Waals surface area contributed by atoms with Gasteiger partial charge in [0.05, 0.1) is 6.10 Å². The Kier molecular flexibility index (Phi) is 14.2. The molecule has 2 heteroatoms. The summed E-state index contributed by atoms with van der Waals surface area (Å²) < 4.78 is 0. The van der Waals surface area contributed by atoms with Crippen LogP contribution in [0.2, 0.25) is 0 Å². The number of aliphatic hydroxyl groups excluding tert-OH is 1. The van der Waals surface area contributed by atoms with E-state index in [-0.39, 0.29) is 16.9 Å². The van der Waals surface area contributed by atoms with Crippen LogP contribution in [-0.2, 0) is 0 Å². The Bertz CT molecular complexity index is 1310. The summed E-state index contributed by atoms with van der Waals surface area (Å²) in [5, 5.41) is 13.6. The Morgan fingerprint density at radius 2 is 1.02 bits per heavy atom. The van der Waals surface area contributed by atoms with Gasteiger partial charge in [-0.1, -0.05) is 146 Å². The Morgan fingerprint density at radius 3 is 1.44 bits per heavy atom. The molecule has 0 aliphatic heterocycles. The lowest BCUT2D eigenvalue weighted by Crippen LogP contribution is -2.36. The van der Waals surface area contributed by atoms with Crippen molar-refractivity contribution in [3.8, 4) is 0 Å². The zero-order valence-corrected chi connectivity index (χ0v) is 29.0. The van der Waals surface area contributed by atoms with Gasteiger partial charge in [0.1, 0.15) is 0 Å². The number of hydrogen-bond donors (Lipinski definition) is 2. The van der Waals surface area contributed by atoms with Gasteiger partial charge in [-0.25, -0.2) is 0 Å². The lowest BCUT2D eigenvalue weighted by molar-refractivity contribution is 0.116. The highest BCUT2D eigenvalue weighted by atomic mass is 16.3. The maximum absolute atomic E-state index is 10.1.